The van der Waals surface area contributed by atoms with E-state index in [1.54, 1.807) is 18.2 Å². The van der Waals surface area contributed by atoms with Crippen molar-refractivity contribution in [3.63, 3.8) is 0 Å². The van der Waals surface area contributed by atoms with Crippen LogP contribution in [0.4, 0.5) is 10.1 Å². The third-order valence-corrected chi connectivity index (χ3v) is 4.12. The van der Waals surface area contributed by atoms with Crippen molar-refractivity contribution in [2.24, 2.45) is 0 Å². The molecule has 0 saturated carbocycles. The summed E-state index contributed by atoms with van der Waals surface area (Å²) in [5.74, 6) is -0.351. The lowest BCUT2D eigenvalue weighted by atomic mass is 10.1. The maximum absolute atomic E-state index is 14.0. The zero-order valence-electron chi connectivity index (χ0n) is 11.8. The van der Waals surface area contributed by atoms with Gasteiger partial charge in [-0.3, -0.25) is 9.69 Å². The number of ether oxygens (including phenoxy) is 1. The van der Waals surface area contributed by atoms with E-state index in [1.165, 1.54) is 6.07 Å². The van der Waals surface area contributed by atoms with E-state index in [-0.39, 0.29) is 30.6 Å². The fourth-order valence-corrected chi connectivity index (χ4v) is 3.12. The lowest BCUT2D eigenvalue weighted by Crippen LogP contribution is -2.30. The highest BCUT2D eigenvalue weighted by atomic mass is 19.1. The van der Waals surface area contributed by atoms with E-state index in [0.29, 0.717) is 12.1 Å². The van der Waals surface area contributed by atoms with E-state index < -0.39 is 0 Å². The Bertz CT molecular complexity index is 734. The number of rotatable bonds is 1. The summed E-state index contributed by atoms with van der Waals surface area (Å²) in [5, 5.41) is 2.88. The number of nitrogens with one attached hydrogen (secondary N) is 1. The molecule has 0 radical (unpaired) electrons. The lowest BCUT2D eigenvalue weighted by Gasteiger charge is -2.19. The molecule has 2 aromatic carbocycles. The molecular weight excluding hydrogens is 283 g/mol. The Morgan fingerprint density at radius 1 is 1.09 bits per heavy atom. The minimum atomic E-state index is -0.370. The molecule has 0 spiro atoms. The Labute approximate surface area is 127 Å². The number of para-hydroxylation sites is 1. The molecule has 0 aromatic heterocycles. The standard InChI is InChI=1S/C17H15FN2O2/c18-13-7-3-1-5-11(13)15-9-20-10-16(21)19-14-8-4-2-6-12(14)17(20)22-15/h1-8,15,17H,9-10H2,(H,19,21). The topological polar surface area (TPSA) is 41.6 Å². The predicted molar refractivity (Wildman–Crippen MR) is 79.6 cm³/mol. The molecule has 1 saturated heterocycles. The third kappa shape index (κ3) is 2.19. The van der Waals surface area contributed by atoms with E-state index in [0.717, 1.165) is 11.3 Å². The van der Waals surface area contributed by atoms with Crippen LogP contribution in [0.1, 0.15) is 23.5 Å². The lowest BCUT2D eigenvalue weighted by molar-refractivity contribution is -0.118. The second-order valence-corrected chi connectivity index (χ2v) is 5.56. The highest BCUT2D eigenvalue weighted by Crippen LogP contribution is 2.41. The SMILES string of the molecule is O=C1CN2CC(c3ccccc3F)OC2c2ccccc2N1. The summed E-state index contributed by atoms with van der Waals surface area (Å²) in [5.41, 5.74) is 2.20. The number of hydrogen-bond acceptors (Lipinski definition) is 3. The first-order valence-electron chi connectivity index (χ1n) is 7.25. The molecule has 2 aliphatic heterocycles. The molecule has 2 aliphatic rings. The van der Waals surface area contributed by atoms with Gasteiger partial charge in [0.25, 0.3) is 0 Å². The van der Waals surface area contributed by atoms with Crippen molar-refractivity contribution in [1.82, 2.24) is 4.90 Å². The fourth-order valence-electron chi connectivity index (χ4n) is 3.12. The molecule has 2 heterocycles. The van der Waals surface area contributed by atoms with Crippen molar-refractivity contribution in [1.29, 1.82) is 0 Å². The van der Waals surface area contributed by atoms with E-state index >= 15 is 0 Å². The van der Waals surface area contributed by atoms with Crippen LogP contribution in [0.25, 0.3) is 0 Å². The molecular formula is C17H15FN2O2. The van der Waals surface area contributed by atoms with Crippen molar-refractivity contribution in [3.8, 4) is 0 Å². The number of hydrogen-bond donors (Lipinski definition) is 1. The van der Waals surface area contributed by atoms with Crippen LogP contribution in [-0.4, -0.2) is 23.9 Å². The average Bonchev–Trinajstić information content (AvgIpc) is 2.86. The number of nitrogens with zero attached hydrogens (tertiary/aromatic N) is 1. The van der Waals surface area contributed by atoms with Gasteiger partial charge in [0.05, 0.1) is 6.54 Å². The molecule has 1 N–H and O–H groups in total. The second kappa shape index (κ2) is 5.19. The van der Waals surface area contributed by atoms with Crippen molar-refractivity contribution >= 4 is 11.6 Å². The number of fused-ring (bicyclic) bond motifs is 3. The molecule has 2 aromatic rings. The Morgan fingerprint density at radius 2 is 1.82 bits per heavy atom. The Kier molecular flexibility index (Phi) is 3.17. The van der Waals surface area contributed by atoms with Crippen molar-refractivity contribution in [3.05, 3.63) is 65.5 Å². The summed E-state index contributed by atoms with van der Waals surface area (Å²) < 4.78 is 20.1. The van der Waals surface area contributed by atoms with Crippen LogP contribution in [0.2, 0.25) is 0 Å². The number of benzene rings is 2. The first-order chi connectivity index (χ1) is 10.7. The summed E-state index contributed by atoms with van der Waals surface area (Å²) in [4.78, 5) is 14.0. The molecule has 5 heteroatoms. The van der Waals surface area contributed by atoms with E-state index in [2.05, 4.69) is 5.32 Å². The highest BCUT2D eigenvalue weighted by Gasteiger charge is 2.39. The van der Waals surface area contributed by atoms with Crippen LogP contribution in [0, 0.1) is 5.82 Å². The van der Waals surface area contributed by atoms with Crippen LogP contribution in [0.3, 0.4) is 0 Å². The van der Waals surface area contributed by atoms with Gasteiger partial charge in [-0.2, -0.15) is 0 Å². The van der Waals surface area contributed by atoms with Gasteiger partial charge in [-0.05, 0) is 12.1 Å². The summed E-state index contributed by atoms with van der Waals surface area (Å²) in [7, 11) is 0. The van der Waals surface area contributed by atoms with Gasteiger partial charge in [-0.15, -0.1) is 0 Å². The quantitative estimate of drug-likeness (QED) is 0.880. The second-order valence-electron chi connectivity index (χ2n) is 5.56. The van der Waals surface area contributed by atoms with Crippen LogP contribution < -0.4 is 5.32 Å². The molecule has 112 valence electrons. The molecule has 1 amide bonds. The van der Waals surface area contributed by atoms with E-state index in [1.807, 2.05) is 29.2 Å². The van der Waals surface area contributed by atoms with E-state index in [9.17, 15) is 9.18 Å². The highest BCUT2D eigenvalue weighted by molar-refractivity contribution is 5.93. The number of anilines is 1. The first kappa shape index (κ1) is 13.4. The van der Waals surface area contributed by atoms with Crippen molar-refractivity contribution < 1.29 is 13.9 Å². The first-order valence-corrected chi connectivity index (χ1v) is 7.25. The van der Waals surface area contributed by atoms with Crippen LogP contribution in [0.5, 0.6) is 0 Å². The van der Waals surface area contributed by atoms with Gasteiger partial charge in [0.15, 0.2) is 0 Å². The Morgan fingerprint density at radius 3 is 2.64 bits per heavy atom. The van der Waals surface area contributed by atoms with Crippen LogP contribution in [0.15, 0.2) is 48.5 Å². The minimum Gasteiger partial charge on any atom is -0.349 e. The molecule has 2 atom stereocenters. The van der Waals surface area contributed by atoms with Gasteiger partial charge >= 0.3 is 0 Å². The average molecular weight is 298 g/mol. The fraction of sp³-hybridized carbons (Fsp3) is 0.235. The molecule has 2 unspecified atom stereocenters. The largest absolute Gasteiger partial charge is 0.349 e. The zero-order chi connectivity index (χ0) is 15.1. The summed E-state index contributed by atoms with van der Waals surface area (Å²) in [6.07, 6.45) is -0.704. The molecule has 4 nitrogen and oxygen atoms in total. The van der Waals surface area contributed by atoms with E-state index in [4.69, 9.17) is 4.74 Å². The van der Waals surface area contributed by atoms with Gasteiger partial charge in [0.2, 0.25) is 5.91 Å². The molecule has 1 fully saturated rings. The van der Waals surface area contributed by atoms with Gasteiger partial charge < -0.3 is 10.1 Å². The monoisotopic (exact) mass is 298 g/mol. The van der Waals surface area contributed by atoms with Gasteiger partial charge in [-0.25, -0.2) is 4.39 Å². The van der Waals surface area contributed by atoms with Gasteiger partial charge in [-0.1, -0.05) is 36.4 Å². The summed E-state index contributed by atoms with van der Waals surface area (Å²) in [6.45, 7) is 0.734. The van der Waals surface area contributed by atoms with Crippen LogP contribution >= 0.6 is 0 Å². The summed E-state index contributed by atoms with van der Waals surface area (Å²) >= 11 is 0. The third-order valence-electron chi connectivity index (χ3n) is 4.12. The minimum absolute atomic E-state index is 0.0762. The van der Waals surface area contributed by atoms with Crippen LogP contribution in [-0.2, 0) is 9.53 Å². The number of halogens is 1. The molecule has 0 bridgehead atoms. The number of amides is 1. The maximum atomic E-state index is 14.0. The van der Waals surface area contributed by atoms with Gasteiger partial charge in [0, 0.05) is 23.4 Å². The molecule has 4 rings (SSSR count). The number of carbonyl (C=O) groups is 1. The Balaban J connectivity index is 1.71. The summed E-state index contributed by atoms with van der Waals surface area (Å²) in [6, 6.07) is 14.2. The zero-order valence-corrected chi connectivity index (χ0v) is 11.8. The normalized spacial score (nSPS) is 24.3. The maximum Gasteiger partial charge on any atom is 0.238 e. The molecule has 0 aliphatic carbocycles. The van der Waals surface area contributed by atoms with Crippen molar-refractivity contribution in [2.75, 3.05) is 18.4 Å². The Hall–Kier alpha value is -2.24. The van der Waals surface area contributed by atoms with Crippen molar-refractivity contribution in [2.45, 2.75) is 12.3 Å². The molecule has 22 heavy (non-hydrogen) atoms. The number of carbonyl (C=O) groups excluding carboxylic acids is 1. The smallest absolute Gasteiger partial charge is 0.238 e. The predicted octanol–water partition coefficient (Wildman–Crippen LogP) is 2.85. The van der Waals surface area contributed by atoms with Gasteiger partial charge in [0.1, 0.15) is 18.1 Å².